The number of nitrogens with zero attached hydrogens (tertiary/aromatic N) is 1. The van der Waals surface area contributed by atoms with E-state index in [4.69, 9.17) is 11.6 Å². The van der Waals surface area contributed by atoms with Crippen LogP contribution in [0.2, 0.25) is 5.02 Å². The molecule has 16 heavy (non-hydrogen) atoms. The third-order valence-electron chi connectivity index (χ3n) is 3.51. The maximum Gasteiger partial charge on any atom is 0.0820 e. The predicted molar refractivity (Wildman–Crippen MR) is 68.9 cm³/mol. The van der Waals surface area contributed by atoms with E-state index < -0.39 is 0 Å². The minimum absolute atomic E-state index is 0.500. The van der Waals surface area contributed by atoms with Crippen molar-refractivity contribution in [2.45, 2.75) is 45.1 Å². The second-order valence-electron chi connectivity index (χ2n) is 4.69. The summed E-state index contributed by atoms with van der Waals surface area (Å²) < 4.78 is 0. The van der Waals surface area contributed by atoms with Gasteiger partial charge in [0.15, 0.2) is 0 Å². The van der Waals surface area contributed by atoms with Crippen molar-refractivity contribution in [2.75, 3.05) is 5.32 Å². The lowest BCUT2D eigenvalue weighted by Crippen LogP contribution is -2.27. The van der Waals surface area contributed by atoms with Crippen LogP contribution in [-0.2, 0) is 0 Å². The molecule has 1 aliphatic rings. The average Bonchev–Trinajstić information content (AvgIpc) is 2.33. The quantitative estimate of drug-likeness (QED) is 0.857. The third kappa shape index (κ3) is 2.88. The van der Waals surface area contributed by atoms with Gasteiger partial charge in [0, 0.05) is 18.4 Å². The maximum atomic E-state index is 6.08. The van der Waals surface area contributed by atoms with Gasteiger partial charge in [0.1, 0.15) is 0 Å². The van der Waals surface area contributed by atoms with Crippen molar-refractivity contribution in [2.24, 2.45) is 5.92 Å². The highest BCUT2D eigenvalue weighted by Crippen LogP contribution is 2.29. The van der Waals surface area contributed by atoms with Crippen molar-refractivity contribution in [3.05, 3.63) is 23.5 Å². The minimum Gasteiger partial charge on any atom is -0.381 e. The van der Waals surface area contributed by atoms with E-state index in [1.807, 2.05) is 6.07 Å². The summed E-state index contributed by atoms with van der Waals surface area (Å²) in [5, 5.41) is 4.22. The lowest BCUT2D eigenvalue weighted by Gasteiger charge is -2.29. The molecule has 0 bridgehead atoms. The number of hydrogen-bond donors (Lipinski definition) is 1. The molecule has 1 heterocycles. The first kappa shape index (κ1) is 11.7. The molecule has 1 fully saturated rings. The summed E-state index contributed by atoms with van der Waals surface area (Å²) in [5.74, 6) is 0.790. The Morgan fingerprint density at radius 3 is 2.81 bits per heavy atom. The highest BCUT2D eigenvalue weighted by molar-refractivity contribution is 6.33. The SMILES string of the molecule is CC(Nc1ccncc1Cl)C1CCCCC1. The Labute approximate surface area is 102 Å². The Hall–Kier alpha value is -0.760. The van der Waals surface area contributed by atoms with E-state index in [0.29, 0.717) is 11.1 Å². The van der Waals surface area contributed by atoms with E-state index in [-0.39, 0.29) is 0 Å². The summed E-state index contributed by atoms with van der Waals surface area (Å²) in [6, 6.07) is 2.45. The fourth-order valence-corrected chi connectivity index (χ4v) is 2.66. The second-order valence-corrected chi connectivity index (χ2v) is 5.09. The van der Waals surface area contributed by atoms with Crippen LogP contribution in [0.5, 0.6) is 0 Å². The molecule has 1 unspecified atom stereocenters. The van der Waals surface area contributed by atoms with Gasteiger partial charge >= 0.3 is 0 Å². The summed E-state index contributed by atoms with van der Waals surface area (Å²) in [7, 11) is 0. The van der Waals surface area contributed by atoms with Crippen LogP contribution in [0.25, 0.3) is 0 Å². The van der Waals surface area contributed by atoms with Gasteiger partial charge in [0.2, 0.25) is 0 Å². The highest BCUT2D eigenvalue weighted by Gasteiger charge is 2.20. The molecule has 3 heteroatoms. The molecule has 1 aromatic heterocycles. The molecule has 0 amide bonds. The summed E-state index contributed by atoms with van der Waals surface area (Å²) >= 11 is 6.08. The third-order valence-corrected chi connectivity index (χ3v) is 3.81. The molecule has 2 nitrogen and oxygen atoms in total. The van der Waals surface area contributed by atoms with Gasteiger partial charge in [-0.15, -0.1) is 0 Å². The predicted octanol–water partition coefficient (Wildman–Crippen LogP) is 4.12. The van der Waals surface area contributed by atoms with Crippen LogP contribution < -0.4 is 5.32 Å². The van der Waals surface area contributed by atoms with Crippen molar-refractivity contribution in [3.63, 3.8) is 0 Å². The van der Waals surface area contributed by atoms with Gasteiger partial charge in [0.25, 0.3) is 0 Å². The van der Waals surface area contributed by atoms with E-state index in [9.17, 15) is 0 Å². The van der Waals surface area contributed by atoms with E-state index in [1.54, 1.807) is 12.4 Å². The maximum absolute atomic E-state index is 6.08. The summed E-state index contributed by atoms with van der Waals surface area (Å²) in [6.45, 7) is 2.26. The number of hydrogen-bond acceptors (Lipinski definition) is 2. The van der Waals surface area contributed by atoms with Gasteiger partial charge in [-0.25, -0.2) is 0 Å². The van der Waals surface area contributed by atoms with Crippen molar-refractivity contribution >= 4 is 17.3 Å². The zero-order chi connectivity index (χ0) is 11.4. The van der Waals surface area contributed by atoms with Gasteiger partial charge in [-0.05, 0) is 31.7 Å². The van der Waals surface area contributed by atoms with Crippen molar-refractivity contribution in [1.29, 1.82) is 0 Å². The standard InChI is InChI=1S/C13H19ClN2/c1-10(11-5-3-2-4-6-11)16-13-7-8-15-9-12(13)14/h7-11H,2-6H2,1H3,(H,15,16). The van der Waals surface area contributed by atoms with Crippen LogP contribution in [0.1, 0.15) is 39.0 Å². The summed E-state index contributed by atoms with van der Waals surface area (Å²) in [5.41, 5.74) is 1.01. The molecule has 0 saturated heterocycles. The Morgan fingerprint density at radius 2 is 2.12 bits per heavy atom. The van der Waals surface area contributed by atoms with Gasteiger partial charge < -0.3 is 5.32 Å². The fraction of sp³-hybridized carbons (Fsp3) is 0.615. The zero-order valence-electron chi connectivity index (χ0n) is 9.75. The number of rotatable bonds is 3. The molecule has 1 N–H and O–H groups in total. The van der Waals surface area contributed by atoms with Gasteiger partial charge in [-0.1, -0.05) is 30.9 Å². The highest BCUT2D eigenvalue weighted by atomic mass is 35.5. The fourth-order valence-electron chi connectivity index (χ4n) is 2.49. The van der Waals surface area contributed by atoms with Gasteiger partial charge in [-0.2, -0.15) is 0 Å². The van der Waals surface area contributed by atoms with Crippen LogP contribution in [0.3, 0.4) is 0 Å². The lowest BCUT2D eigenvalue weighted by atomic mass is 9.84. The van der Waals surface area contributed by atoms with Crippen LogP contribution in [0.4, 0.5) is 5.69 Å². The molecule has 1 aromatic rings. The summed E-state index contributed by atoms with van der Waals surface area (Å²) in [4.78, 5) is 3.99. The molecule has 0 spiro atoms. The number of aromatic nitrogens is 1. The molecule has 0 radical (unpaired) electrons. The van der Waals surface area contributed by atoms with Crippen LogP contribution in [0, 0.1) is 5.92 Å². The molecule has 0 aromatic carbocycles. The number of halogens is 1. The van der Waals surface area contributed by atoms with Crippen molar-refractivity contribution < 1.29 is 0 Å². The number of anilines is 1. The van der Waals surface area contributed by atoms with E-state index in [0.717, 1.165) is 11.6 Å². The Morgan fingerprint density at radius 1 is 1.38 bits per heavy atom. The Balaban J connectivity index is 1.96. The molecule has 1 aliphatic carbocycles. The minimum atomic E-state index is 0.500. The zero-order valence-corrected chi connectivity index (χ0v) is 10.5. The monoisotopic (exact) mass is 238 g/mol. The smallest absolute Gasteiger partial charge is 0.0820 e. The molecular weight excluding hydrogens is 220 g/mol. The van der Waals surface area contributed by atoms with Crippen molar-refractivity contribution in [3.8, 4) is 0 Å². The molecule has 88 valence electrons. The molecular formula is C13H19ClN2. The first-order valence-electron chi connectivity index (χ1n) is 6.13. The van der Waals surface area contributed by atoms with Gasteiger partial charge in [0.05, 0.1) is 10.7 Å². The summed E-state index contributed by atoms with van der Waals surface area (Å²) in [6.07, 6.45) is 10.3. The van der Waals surface area contributed by atoms with E-state index in [1.165, 1.54) is 32.1 Å². The van der Waals surface area contributed by atoms with Gasteiger partial charge in [-0.3, -0.25) is 4.98 Å². The largest absolute Gasteiger partial charge is 0.381 e. The molecule has 1 saturated carbocycles. The lowest BCUT2D eigenvalue weighted by molar-refractivity contribution is 0.328. The van der Waals surface area contributed by atoms with Crippen LogP contribution in [0.15, 0.2) is 18.5 Å². The molecule has 0 aliphatic heterocycles. The van der Waals surface area contributed by atoms with E-state index >= 15 is 0 Å². The second kappa shape index (κ2) is 5.53. The van der Waals surface area contributed by atoms with Crippen LogP contribution in [-0.4, -0.2) is 11.0 Å². The van der Waals surface area contributed by atoms with Crippen LogP contribution >= 0.6 is 11.6 Å². The number of nitrogens with one attached hydrogen (secondary N) is 1. The normalized spacial score (nSPS) is 19.4. The Kier molecular flexibility index (Phi) is 4.05. The number of pyridine rings is 1. The Bertz CT molecular complexity index is 334. The molecule has 1 atom stereocenters. The van der Waals surface area contributed by atoms with Crippen molar-refractivity contribution in [1.82, 2.24) is 4.98 Å². The first-order valence-corrected chi connectivity index (χ1v) is 6.51. The average molecular weight is 239 g/mol. The molecule has 2 rings (SSSR count). The van der Waals surface area contributed by atoms with E-state index in [2.05, 4.69) is 17.2 Å². The first-order chi connectivity index (χ1) is 7.77. The topological polar surface area (TPSA) is 24.9 Å².